The lowest BCUT2D eigenvalue weighted by molar-refractivity contribution is -0.134. The number of carbonyl (C=O) groups excluding carboxylic acids is 2. The fraction of sp³-hybridized carbons (Fsp3) is 0.300. The number of carbonyl (C=O) groups is 2. The van der Waals surface area contributed by atoms with Crippen LogP contribution in [0.25, 0.3) is 0 Å². The zero-order chi connectivity index (χ0) is 18.8. The molecule has 4 rings (SSSR count). The van der Waals surface area contributed by atoms with Crippen molar-refractivity contribution in [3.8, 4) is 5.75 Å². The Balaban J connectivity index is 1.55. The van der Waals surface area contributed by atoms with Crippen LogP contribution in [-0.2, 0) is 16.1 Å². The van der Waals surface area contributed by atoms with Crippen molar-refractivity contribution >= 4 is 17.7 Å². The van der Waals surface area contributed by atoms with E-state index in [0.29, 0.717) is 30.0 Å². The molecule has 1 saturated heterocycles. The van der Waals surface area contributed by atoms with Gasteiger partial charge < -0.3 is 14.4 Å². The van der Waals surface area contributed by atoms with Crippen molar-refractivity contribution in [1.82, 2.24) is 4.90 Å². The van der Waals surface area contributed by atoms with Crippen molar-refractivity contribution in [3.63, 3.8) is 0 Å². The van der Waals surface area contributed by atoms with Gasteiger partial charge in [-0.15, -0.1) is 0 Å². The highest BCUT2D eigenvalue weighted by Gasteiger charge is 2.37. The third-order valence-corrected chi connectivity index (χ3v) is 4.82. The number of nitrogens with zero attached hydrogens (tertiary/aromatic N) is 2. The van der Waals surface area contributed by atoms with Crippen molar-refractivity contribution < 1.29 is 23.5 Å². The van der Waals surface area contributed by atoms with E-state index in [1.165, 1.54) is 17.0 Å². The van der Waals surface area contributed by atoms with E-state index < -0.39 is 11.9 Å². The summed E-state index contributed by atoms with van der Waals surface area (Å²) in [5, 5.41) is 0. The van der Waals surface area contributed by atoms with Crippen LogP contribution >= 0.6 is 0 Å². The fourth-order valence-electron chi connectivity index (χ4n) is 3.42. The van der Waals surface area contributed by atoms with Gasteiger partial charge in [-0.25, -0.2) is 9.18 Å². The first-order valence-corrected chi connectivity index (χ1v) is 8.82. The molecule has 1 fully saturated rings. The Morgan fingerprint density at radius 1 is 1.22 bits per heavy atom. The van der Waals surface area contributed by atoms with E-state index in [-0.39, 0.29) is 31.7 Å². The number of amides is 2. The van der Waals surface area contributed by atoms with Gasteiger partial charge in [0.15, 0.2) is 6.61 Å². The molecule has 140 valence electrons. The number of benzene rings is 2. The topological polar surface area (TPSA) is 59.1 Å². The highest BCUT2D eigenvalue weighted by Crippen LogP contribution is 2.32. The predicted molar refractivity (Wildman–Crippen MR) is 96.0 cm³/mol. The average Bonchev–Trinajstić information content (AvgIpc) is 3.03. The molecule has 6 nitrogen and oxygen atoms in total. The van der Waals surface area contributed by atoms with E-state index in [2.05, 4.69) is 0 Å². The van der Waals surface area contributed by atoms with Crippen LogP contribution in [0, 0.1) is 5.82 Å². The van der Waals surface area contributed by atoms with Gasteiger partial charge in [0, 0.05) is 13.1 Å². The number of hydrogen-bond acceptors (Lipinski definition) is 4. The Bertz CT molecular complexity index is 858. The molecule has 2 aliphatic heterocycles. The Morgan fingerprint density at radius 2 is 2.04 bits per heavy atom. The van der Waals surface area contributed by atoms with Gasteiger partial charge in [-0.05, 0) is 36.2 Å². The minimum Gasteiger partial charge on any atom is -0.484 e. The van der Waals surface area contributed by atoms with E-state index in [0.717, 1.165) is 0 Å². The first-order chi connectivity index (χ1) is 13.1. The molecule has 0 aliphatic carbocycles. The zero-order valence-corrected chi connectivity index (χ0v) is 14.6. The SMILES string of the molecule is O=C(COc1ccccc1)N1CCC2COC(=O)N2c2cc(F)ccc2C1. The van der Waals surface area contributed by atoms with Gasteiger partial charge in [0.2, 0.25) is 0 Å². The Labute approximate surface area is 156 Å². The van der Waals surface area contributed by atoms with E-state index in [9.17, 15) is 14.0 Å². The summed E-state index contributed by atoms with van der Waals surface area (Å²) in [6.07, 6.45) is 0.0812. The second-order valence-corrected chi connectivity index (χ2v) is 6.58. The van der Waals surface area contributed by atoms with Crippen LogP contribution < -0.4 is 9.64 Å². The van der Waals surface area contributed by atoms with Crippen molar-refractivity contribution in [2.24, 2.45) is 0 Å². The van der Waals surface area contributed by atoms with Crippen LogP contribution in [0.4, 0.5) is 14.9 Å². The summed E-state index contributed by atoms with van der Waals surface area (Å²) in [6.45, 7) is 0.899. The van der Waals surface area contributed by atoms with Gasteiger partial charge in [-0.2, -0.15) is 0 Å². The molecule has 27 heavy (non-hydrogen) atoms. The van der Waals surface area contributed by atoms with Crippen LogP contribution in [0.5, 0.6) is 5.75 Å². The fourth-order valence-corrected chi connectivity index (χ4v) is 3.42. The third kappa shape index (κ3) is 3.58. The van der Waals surface area contributed by atoms with Crippen LogP contribution in [0.1, 0.15) is 12.0 Å². The van der Waals surface area contributed by atoms with Gasteiger partial charge in [-0.3, -0.25) is 9.69 Å². The van der Waals surface area contributed by atoms with Crippen LogP contribution in [-0.4, -0.2) is 42.7 Å². The van der Waals surface area contributed by atoms with E-state index in [1.807, 2.05) is 18.2 Å². The molecule has 7 heteroatoms. The lowest BCUT2D eigenvalue weighted by Crippen LogP contribution is -2.43. The summed E-state index contributed by atoms with van der Waals surface area (Å²) < 4.78 is 24.5. The van der Waals surface area contributed by atoms with Gasteiger partial charge in [0.25, 0.3) is 5.91 Å². The van der Waals surface area contributed by atoms with Crippen molar-refractivity contribution in [3.05, 3.63) is 59.9 Å². The monoisotopic (exact) mass is 370 g/mol. The quantitative estimate of drug-likeness (QED) is 0.834. The number of anilines is 1. The Kier molecular flexibility index (Phi) is 4.66. The number of para-hydroxylation sites is 1. The molecule has 0 aromatic heterocycles. The number of fused-ring (bicyclic) bond motifs is 3. The van der Waals surface area contributed by atoms with Crippen LogP contribution in [0.15, 0.2) is 48.5 Å². The molecule has 0 spiro atoms. The summed E-state index contributed by atoms with van der Waals surface area (Å²) in [7, 11) is 0. The molecule has 1 atom stereocenters. The first-order valence-electron chi connectivity index (χ1n) is 8.82. The molecule has 0 saturated carbocycles. The smallest absolute Gasteiger partial charge is 0.414 e. The molecule has 0 bridgehead atoms. The third-order valence-electron chi connectivity index (χ3n) is 4.82. The second-order valence-electron chi connectivity index (χ2n) is 6.58. The summed E-state index contributed by atoms with van der Waals surface area (Å²) in [6, 6.07) is 13.2. The number of hydrogen-bond donors (Lipinski definition) is 0. The summed E-state index contributed by atoms with van der Waals surface area (Å²) >= 11 is 0. The maximum Gasteiger partial charge on any atom is 0.414 e. The Hall–Kier alpha value is -3.09. The minimum atomic E-state index is -0.473. The van der Waals surface area contributed by atoms with Gasteiger partial charge in [-0.1, -0.05) is 24.3 Å². The van der Waals surface area contributed by atoms with E-state index in [4.69, 9.17) is 9.47 Å². The van der Waals surface area contributed by atoms with Crippen LogP contribution in [0.2, 0.25) is 0 Å². The van der Waals surface area contributed by atoms with Crippen molar-refractivity contribution in [2.45, 2.75) is 19.0 Å². The van der Waals surface area contributed by atoms with Crippen molar-refractivity contribution in [1.29, 1.82) is 0 Å². The molecule has 2 aliphatic rings. The number of cyclic esters (lactones) is 1. The maximum atomic E-state index is 13.8. The number of halogens is 1. The molecule has 2 amide bonds. The Morgan fingerprint density at radius 3 is 2.85 bits per heavy atom. The zero-order valence-electron chi connectivity index (χ0n) is 14.6. The molecule has 1 unspecified atom stereocenters. The summed E-state index contributed by atoms with van der Waals surface area (Å²) in [5.74, 6) is 0.0345. The molecular weight excluding hydrogens is 351 g/mol. The van der Waals surface area contributed by atoms with E-state index >= 15 is 0 Å². The van der Waals surface area contributed by atoms with Crippen LogP contribution in [0.3, 0.4) is 0 Å². The largest absolute Gasteiger partial charge is 0.484 e. The normalized spacial score (nSPS) is 18.9. The standard InChI is InChI=1S/C20H19FN2O4/c21-15-7-6-14-11-22(19(24)13-26-17-4-2-1-3-5-17)9-8-16-12-27-20(25)23(16)18(14)10-15/h1-7,10,16H,8-9,11-13H2. The molecule has 2 aromatic carbocycles. The molecule has 2 heterocycles. The average molecular weight is 370 g/mol. The molecule has 2 aromatic rings. The maximum absolute atomic E-state index is 13.8. The second kappa shape index (κ2) is 7.26. The van der Waals surface area contributed by atoms with Crippen molar-refractivity contribution in [2.75, 3.05) is 24.7 Å². The number of rotatable bonds is 3. The lowest BCUT2D eigenvalue weighted by Gasteiger charge is -2.32. The van der Waals surface area contributed by atoms with Gasteiger partial charge in [0.05, 0.1) is 11.7 Å². The molecule has 0 N–H and O–H groups in total. The molecular formula is C20H19FN2O4. The van der Waals surface area contributed by atoms with Gasteiger partial charge in [0.1, 0.15) is 18.2 Å². The molecule has 0 radical (unpaired) electrons. The first kappa shape index (κ1) is 17.3. The summed E-state index contributed by atoms with van der Waals surface area (Å²) in [4.78, 5) is 28.0. The number of ether oxygens (including phenoxy) is 2. The highest BCUT2D eigenvalue weighted by molar-refractivity contribution is 5.91. The van der Waals surface area contributed by atoms with E-state index in [1.54, 1.807) is 23.1 Å². The minimum absolute atomic E-state index is 0.0790. The predicted octanol–water partition coefficient (Wildman–Crippen LogP) is 2.96. The summed E-state index contributed by atoms with van der Waals surface area (Å²) in [5.41, 5.74) is 1.16. The van der Waals surface area contributed by atoms with Gasteiger partial charge >= 0.3 is 6.09 Å². The highest BCUT2D eigenvalue weighted by atomic mass is 19.1. The lowest BCUT2D eigenvalue weighted by atomic mass is 10.1.